The van der Waals surface area contributed by atoms with Crippen molar-refractivity contribution in [2.75, 3.05) is 5.32 Å². The van der Waals surface area contributed by atoms with Gasteiger partial charge in [-0.25, -0.2) is 4.79 Å². The van der Waals surface area contributed by atoms with Crippen molar-refractivity contribution in [1.82, 2.24) is 0 Å². The normalized spacial score (nSPS) is 26.6. The van der Waals surface area contributed by atoms with Crippen molar-refractivity contribution >= 4 is 23.0 Å². The average molecular weight is 417 g/mol. The fraction of sp³-hybridized carbons (Fsp3) is 0.350. The molecule has 1 aliphatic rings. The predicted octanol–water partition coefficient (Wildman–Crippen LogP) is 1.21. The maximum Gasteiger partial charge on any atom is 0.335 e. The van der Waals surface area contributed by atoms with E-state index < -0.39 is 36.6 Å². The van der Waals surface area contributed by atoms with E-state index in [-0.39, 0.29) is 6.61 Å². The molecule has 0 aromatic heterocycles. The monoisotopic (exact) mass is 417 g/mol. The molecule has 10 heteroatoms. The molecule has 10 nitrogen and oxygen atoms in total. The van der Waals surface area contributed by atoms with Gasteiger partial charge in [0.05, 0.1) is 18.0 Å². The Morgan fingerprint density at radius 2 is 1.80 bits per heavy atom. The lowest BCUT2D eigenvalue weighted by Crippen LogP contribution is -2.61. The van der Waals surface area contributed by atoms with Gasteiger partial charge in [-0.3, -0.25) is 0 Å². The van der Waals surface area contributed by atoms with E-state index in [0.29, 0.717) is 28.2 Å². The largest absolute Gasteiger partial charge is 0.479 e. The van der Waals surface area contributed by atoms with Gasteiger partial charge in [0.1, 0.15) is 18.3 Å². The molecule has 0 unspecified atom stereocenters. The van der Waals surface area contributed by atoms with E-state index in [1.54, 1.807) is 49.4 Å². The maximum atomic E-state index is 11.2. The number of rotatable bonds is 6. The number of aliphatic hydroxyl groups excluding tert-OH is 4. The number of nitrogens with zero attached hydrogens (tertiary/aromatic N) is 2. The van der Waals surface area contributed by atoms with Gasteiger partial charge in [-0.2, -0.15) is 10.2 Å². The third-order valence-electron chi connectivity index (χ3n) is 4.80. The van der Waals surface area contributed by atoms with Gasteiger partial charge in [0.15, 0.2) is 12.3 Å². The number of azo groups is 1. The van der Waals surface area contributed by atoms with E-state index in [0.717, 1.165) is 0 Å². The van der Waals surface area contributed by atoms with Crippen molar-refractivity contribution in [2.45, 2.75) is 44.2 Å². The number of nitrogens with one attached hydrogen (secondary N) is 1. The van der Waals surface area contributed by atoms with Crippen molar-refractivity contribution in [2.24, 2.45) is 10.2 Å². The van der Waals surface area contributed by atoms with Crippen LogP contribution >= 0.6 is 0 Å². The summed E-state index contributed by atoms with van der Waals surface area (Å²) in [7, 11) is 0. The van der Waals surface area contributed by atoms with E-state index >= 15 is 0 Å². The van der Waals surface area contributed by atoms with Crippen molar-refractivity contribution in [1.29, 1.82) is 0 Å². The Kier molecular flexibility index (Phi) is 6.75. The highest BCUT2D eigenvalue weighted by molar-refractivity contribution is 5.73. The third-order valence-corrected chi connectivity index (χ3v) is 4.80. The Bertz CT molecular complexity index is 936. The zero-order chi connectivity index (χ0) is 21.8. The number of aliphatic hydroxyl groups is 4. The second-order valence-electron chi connectivity index (χ2n) is 6.92. The maximum absolute atomic E-state index is 11.2. The van der Waals surface area contributed by atoms with Crippen LogP contribution in [0.15, 0.2) is 52.7 Å². The summed E-state index contributed by atoms with van der Waals surface area (Å²) in [4.78, 5) is 11.2. The zero-order valence-corrected chi connectivity index (χ0v) is 16.1. The Morgan fingerprint density at radius 1 is 1.07 bits per heavy atom. The second-order valence-corrected chi connectivity index (χ2v) is 6.92. The minimum atomic E-state index is -1.75. The molecule has 0 amide bonds. The van der Waals surface area contributed by atoms with Crippen LogP contribution in [-0.2, 0) is 16.1 Å². The zero-order valence-electron chi connectivity index (χ0n) is 16.1. The quantitative estimate of drug-likeness (QED) is 0.382. The van der Waals surface area contributed by atoms with Crippen LogP contribution in [-0.4, -0.2) is 62.1 Å². The molecule has 2 aromatic carbocycles. The van der Waals surface area contributed by atoms with Gasteiger partial charge in [0, 0.05) is 11.3 Å². The number of carboxylic acid groups (broad SMARTS) is 1. The van der Waals surface area contributed by atoms with Gasteiger partial charge in [0.2, 0.25) is 0 Å². The summed E-state index contributed by atoms with van der Waals surface area (Å²) in [5.74, 6) is -1.45. The van der Waals surface area contributed by atoms with Crippen LogP contribution in [0.1, 0.15) is 11.1 Å². The fourth-order valence-electron chi connectivity index (χ4n) is 3.08. The number of benzene rings is 2. The van der Waals surface area contributed by atoms with Gasteiger partial charge in [-0.1, -0.05) is 18.2 Å². The molecule has 160 valence electrons. The van der Waals surface area contributed by atoms with Crippen LogP contribution < -0.4 is 5.32 Å². The Balaban J connectivity index is 1.75. The lowest BCUT2D eigenvalue weighted by Gasteiger charge is -2.39. The van der Waals surface area contributed by atoms with E-state index in [1.165, 1.54) is 0 Å². The number of aryl methyl sites for hydroxylation is 1. The van der Waals surface area contributed by atoms with Gasteiger partial charge in [-0.05, 0) is 36.8 Å². The Hall–Kier alpha value is -2.89. The molecule has 5 atom stereocenters. The minimum Gasteiger partial charge on any atom is -0.479 e. The molecule has 0 aliphatic carbocycles. The highest BCUT2D eigenvalue weighted by Crippen LogP contribution is 2.28. The van der Waals surface area contributed by atoms with E-state index in [9.17, 15) is 25.2 Å². The molecule has 6 N–H and O–H groups in total. The Morgan fingerprint density at radius 3 is 2.47 bits per heavy atom. The molecule has 0 saturated carbocycles. The average Bonchev–Trinajstić information content (AvgIpc) is 2.74. The highest BCUT2D eigenvalue weighted by Gasteiger charge is 2.47. The SMILES string of the molecule is Cc1cc(N=Nc2ccccc2CO)ccc1N[C@@H]1O[C@H](C(=O)O)[C@@H](O)[C@H](O)[C@H]1O. The second kappa shape index (κ2) is 9.28. The Labute approximate surface area is 172 Å². The molecule has 30 heavy (non-hydrogen) atoms. The molecular weight excluding hydrogens is 394 g/mol. The van der Waals surface area contributed by atoms with Crippen molar-refractivity contribution in [3.63, 3.8) is 0 Å². The van der Waals surface area contributed by atoms with E-state index in [1.807, 2.05) is 0 Å². The van der Waals surface area contributed by atoms with Gasteiger partial charge in [-0.15, -0.1) is 0 Å². The smallest absolute Gasteiger partial charge is 0.335 e. The number of anilines is 1. The molecule has 2 aromatic rings. The van der Waals surface area contributed by atoms with E-state index in [4.69, 9.17) is 9.84 Å². The van der Waals surface area contributed by atoms with Crippen molar-refractivity contribution in [3.05, 3.63) is 53.6 Å². The molecule has 1 heterocycles. The van der Waals surface area contributed by atoms with Crippen LogP contribution in [0.3, 0.4) is 0 Å². The molecule has 0 radical (unpaired) electrons. The predicted molar refractivity (Wildman–Crippen MR) is 106 cm³/mol. The number of aliphatic carboxylic acids is 1. The first-order valence-corrected chi connectivity index (χ1v) is 9.22. The molecule has 0 bridgehead atoms. The lowest BCUT2D eigenvalue weighted by atomic mass is 9.98. The summed E-state index contributed by atoms with van der Waals surface area (Å²) in [5.41, 5.74) is 2.95. The van der Waals surface area contributed by atoms with E-state index in [2.05, 4.69) is 15.5 Å². The lowest BCUT2D eigenvalue weighted by molar-refractivity contribution is -0.221. The number of carbonyl (C=O) groups is 1. The molecule has 1 aliphatic heterocycles. The topological polar surface area (TPSA) is 164 Å². The summed E-state index contributed by atoms with van der Waals surface area (Å²) in [6.07, 6.45) is -7.89. The van der Waals surface area contributed by atoms with Crippen LogP contribution in [0.4, 0.5) is 17.1 Å². The third kappa shape index (κ3) is 4.64. The first-order valence-electron chi connectivity index (χ1n) is 9.22. The molecule has 1 saturated heterocycles. The van der Waals surface area contributed by atoms with Crippen LogP contribution in [0, 0.1) is 6.92 Å². The molecule has 0 spiro atoms. The number of ether oxygens (including phenoxy) is 1. The summed E-state index contributed by atoms with van der Waals surface area (Å²) >= 11 is 0. The van der Waals surface area contributed by atoms with Crippen LogP contribution in [0.25, 0.3) is 0 Å². The highest BCUT2D eigenvalue weighted by atomic mass is 16.6. The summed E-state index contributed by atoms with van der Waals surface area (Å²) < 4.78 is 5.23. The minimum absolute atomic E-state index is 0.154. The number of hydrogen-bond acceptors (Lipinski definition) is 9. The van der Waals surface area contributed by atoms with Gasteiger partial charge >= 0.3 is 5.97 Å². The molecular formula is C20H23N3O7. The number of hydrogen-bond donors (Lipinski definition) is 6. The molecule has 1 fully saturated rings. The standard InChI is InChI=1S/C20H23N3O7/c1-10-8-12(22-23-14-5-3-2-4-11(14)9-24)6-7-13(10)21-19-17(27)15(25)16(26)18(30-19)20(28)29/h2-8,15-19,21,24-27H,9H2,1H3,(H,28,29)/t15-,16-,17+,18-,19+/m0/s1. The van der Waals surface area contributed by atoms with Crippen molar-refractivity contribution < 1.29 is 35.1 Å². The van der Waals surface area contributed by atoms with Gasteiger partial charge in [0.25, 0.3) is 0 Å². The summed E-state index contributed by atoms with van der Waals surface area (Å²) in [6, 6.07) is 12.1. The fourth-order valence-corrected chi connectivity index (χ4v) is 3.08. The van der Waals surface area contributed by atoms with Gasteiger partial charge < -0.3 is 35.6 Å². The first kappa shape index (κ1) is 21.8. The first-order chi connectivity index (χ1) is 14.3. The van der Waals surface area contributed by atoms with Crippen molar-refractivity contribution in [3.8, 4) is 0 Å². The van der Waals surface area contributed by atoms with Crippen LogP contribution in [0.2, 0.25) is 0 Å². The molecule has 3 rings (SSSR count). The summed E-state index contributed by atoms with van der Waals surface area (Å²) in [5, 5.41) is 59.4. The van der Waals surface area contributed by atoms with Crippen LogP contribution in [0.5, 0.6) is 0 Å². The number of carboxylic acids is 1. The summed E-state index contributed by atoms with van der Waals surface area (Å²) in [6.45, 7) is 1.61.